The average Bonchev–Trinajstić information content (AvgIpc) is 2.80. The molecule has 0 saturated heterocycles. The molecule has 6 heteroatoms. The normalized spacial score (nSPS) is 14.2. The number of rotatable bonds is 5. The zero-order chi connectivity index (χ0) is 14.7. The van der Waals surface area contributed by atoms with Crippen LogP contribution in [0.25, 0.3) is 0 Å². The molecule has 3 N–H and O–H groups in total. The number of aromatic amines is 1. The Morgan fingerprint density at radius 3 is 2.50 bits per heavy atom. The SMILES string of the molecule is Cc1[nH]ncc1C(C)NCC(O)c1cc(Cl)cc(Cl)c1. The molecule has 0 aliphatic carbocycles. The molecule has 2 rings (SSSR count). The van der Waals surface area contributed by atoms with Crippen LogP contribution in [0.4, 0.5) is 0 Å². The molecule has 2 aromatic rings. The number of hydrogen-bond donors (Lipinski definition) is 3. The number of H-pyrrole nitrogens is 1. The van der Waals surface area contributed by atoms with E-state index in [4.69, 9.17) is 23.2 Å². The van der Waals surface area contributed by atoms with Crippen LogP contribution in [0.1, 0.15) is 35.9 Å². The van der Waals surface area contributed by atoms with E-state index in [2.05, 4.69) is 15.5 Å². The number of nitrogens with one attached hydrogen (secondary N) is 2. The molecule has 2 atom stereocenters. The minimum Gasteiger partial charge on any atom is -0.387 e. The fraction of sp³-hybridized carbons (Fsp3) is 0.357. The molecule has 0 spiro atoms. The first-order valence-corrected chi connectivity index (χ1v) is 7.10. The van der Waals surface area contributed by atoms with Crippen molar-refractivity contribution >= 4 is 23.2 Å². The molecular weight excluding hydrogens is 297 g/mol. The van der Waals surface area contributed by atoms with Crippen molar-refractivity contribution in [2.45, 2.75) is 26.0 Å². The topological polar surface area (TPSA) is 60.9 Å². The molecule has 0 radical (unpaired) electrons. The molecule has 0 amide bonds. The summed E-state index contributed by atoms with van der Waals surface area (Å²) in [6, 6.07) is 5.17. The van der Waals surface area contributed by atoms with Crippen LogP contribution in [-0.4, -0.2) is 21.8 Å². The third-order valence-corrected chi connectivity index (χ3v) is 3.66. The maximum absolute atomic E-state index is 10.2. The number of aryl methyl sites for hydroxylation is 1. The number of halogens is 2. The highest BCUT2D eigenvalue weighted by molar-refractivity contribution is 6.34. The van der Waals surface area contributed by atoms with Gasteiger partial charge in [0.05, 0.1) is 12.3 Å². The standard InChI is InChI=1S/C14H17Cl2N3O/c1-8(13-6-18-19-9(13)2)17-7-14(20)10-3-11(15)5-12(16)4-10/h3-6,8,14,17,20H,7H2,1-2H3,(H,18,19). The lowest BCUT2D eigenvalue weighted by Gasteiger charge is -2.17. The van der Waals surface area contributed by atoms with Crippen molar-refractivity contribution in [2.75, 3.05) is 6.54 Å². The van der Waals surface area contributed by atoms with Crippen molar-refractivity contribution in [1.29, 1.82) is 0 Å². The van der Waals surface area contributed by atoms with Crippen LogP contribution in [0.3, 0.4) is 0 Å². The van der Waals surface area contributed by atoms with Crippen LogP contribution in [0.2, 0.25) is 10.0 Å². The van der Waals surface area contributed by atoms with Crippen molar-refractivity contribution in [2.24, 2.45) is 0 Å². The van der Waals surface area contributed by atoms with E-state index in [0.29, 0.717) is 22.2 Å². The second kappa shape index (κ2) is 6.59. The monoisotopic (exact) mass is 313 g/mol. The largest absolute Gasteiger partial charge is 0.387 e. The Kier molecular flexibility index (Phi) is 5.05. The van der Waals surface area contributed by atoms with Crippen LogP contribution >= 0.6 is 23.2 Å². The number of hydrogen-bond acceptors (Lipinski definition) is 3. The molecule has 0 saturated carbocycles. The van der Waals surface area contributed by atoms with E-state index in [1.165, 1.54) is 0 Å². The zero-order valence-corrected chi connectivity index (χ0v) is 12.8. The molecule has 0 fully saturated rings. The first kappa shape index (κ1) is 15.3. The Hall–Kier alpha value is -1.07. The smallest absolute Gasteiger partial charge is 0.0915 e. The van der Waals surface area contributed by atoms with Crippen LogP contribution in [0.5, 0.6) is 0 Å². The Morgan fingerprint density at radius 1 is 1.30 bits per heavy atom. The lowest BCUT2D eigenvalue weighted by molar-refractivity contribution is 0.171. The van der Waals surface area contributed by atoms with Gasteiger partial charge in [-0.3, -0.25) is 5.10 Å². The predicted octanol–water partition coefficient (Wildman–Crippen LogP) is 3.41. The summed E-state index contributed by atoms with van der Waals surface area (Å²) < 4.78 is 0. The molecular formula is C14H17Cl2N3O. The Labute approximate surface area is 128 Å². The van der Waals surface area contributed by atoms with Crippen molar-refractivity contribution in [3.8, 4) is 0 Å². The Bertz CT molecular complexity index is 565. The molecule has 1 heterocycles. The third-order valence-electron chi connectivity index (χ3n) is 3.22. The summed E-state index contributed by atoms with van der Waals surface area (Å²) in [4.78, 5) is 0. The van der Waals surface area contributed by atoms with E-state index in [1.54, 1.807) is 24.4 Å². The van der Waals surface area contributed by atoms with Gasteiger partial charge in [-0.15, -0.1) is 0 Å². The summed E-state index contributed by atoms with van der Waals surface area (Å²) in [7, 11) is 0. The van der Waals surface area contributed by atoms with Gasteiger partial charge in [-0.2, -0.15) is 5.10 Å². The average molecular weight is 314 g/mol. The maximum atomic E-state index is 10.2. The number of aliphatic hydroxyl groups is 1. The first-order valence-electron chi connectivity index (χ1n) is 6.34. The summed E-state index contributed by atoms with van der Waals surface area (Å²) in [5.41, 5.74) is 2.80. The number of aliphatic hydroxyl groups excluding tert-OH is 1. The molecule has 0 bridgehead atoms. The van der Waals surface area contributed by atoms with Gasteiger partial charge in [-0.1, -0.05) is 23.2 Å². The number of benzene rings is 1. The van der Waals surface area contributed by atoms with Gasteiger partial charge in [0, 0.05) is 33.9 Å². The lowest BCUT2D eigenvalue weighted by Crippen LogP contribution is -2.24. The zero-order valence-electron chi connectivity index (χ0n) is 11.3. The number of aromatic nitrogens is 2. The van der Waals surface area contributed by atoms with Crippen molar-refractivity contribution in [3.05, 3.63) is 51.3 Å². The molecule has 20 heavy (non-hydrogen) atoms. The summed E-state index contributed by atoms with van der Waals surface area (Å²) in [6.07, 6.45) is 1.12. The van der Waals surface area contributed by atoms with Crippen molar-refractivity contribution < 1.29 is 5.11 Å². The predicted molar refractivity (Wildman–Crippen MR) is 81.2 cm³/mol. The summed E-state index contributed by atoms with van der Waals surface area (Å²) >= 11 is 11.9. The van der Waals surface area contributed by atoms with E-state index in [0.717, 1.165) is 11.3 Å². The molecule has 1 aromatic heterocycles. The fourth-order valence-electron chi connectivity index (χ4n) is 2.08. The van der Waals surface area contributed by atoms with Crippen molar-refractivity contribution in [1.82, 2.24) is 15.5 Å². The quantitative estimate of drug-likeness (QED) is 0.792. The van der Waals surface area contributed by atoms with Gasteiger partial charge in [0.2, 0.25) is 0 Å². The van der Waals surface area contributed by atoms with E-state index >= 15 is 0 Å². The highest BCUT2D eigenvalue weighted by Crippen LogP contribution is 2.24. The van der Waals surface area contributed by atoms with Gasteiger partial charge in [-0.25, -0.2) is 0 Å². The van der Waals surface area contributed by atoms with Gasteiger partial charge in [0.15, 0.2) is 0 Å². The van der Waals surface area contributed by atoms with E-state index in [9.17, 15) is 5.11 Å². The Morgan fingerprint density at radius 2 is 1.95 bits per heavy atom. The maximum Gasteiger partial charge on any atom is 0.0915 e. The lowest BCUT2D eigenvalue weighted by atomic mass is 10.1. The first-order chi connectivity index (χ1) is 9.47. The van der Waals surface area contributed by atoms with Gasteiger partial charge in [-0.05, 0) is 37.6 Å². The second-order valence-electron chi connectivity index (χ2n) is 4.80. The highest BCUT2D eigenvalue weighted by Gasteiger charge is 2.14. The summed E-state index contributed by atoms with van der Waals surface area (Å²) in [6.45, 7) is 4.39. The Balaban J connectivity index is 1.98. The van der Waals surface area contributed by atoms with Crippen LogP contribution < -0.4 is 5.32 Å². The summed E-state index contributed by atoms with van der Waals surface area (Å²) in [5, 5.41) is 21.4. The molecule has 0 aliphatic rings. The molecule has 108 valence electrons. The van der Waals surface area contributed by atoms with E-state index in [1.807, 2.05) is 13.8 Å². The third kappa shape index (κ3) is 3.73. The highest BCUT2D eigenvalue weighted by atomic mass is 35.5. The van der Waals surface area contributed by atoms with Gasteiger partial charge in [0.1, 0.15) is 0 Å². The molecule has 4 nitrogen and oxygen atoms in total. The van der Waals surface area contributed by atoms with Crippen LogP contribution in [0.15, 0.2) is 24.4 Å². The number of nitrogens with zero attached hydrogens (tertiary/aromatic N) is 1. The van der Waals surface area contributed by atoms with E-state index < -0.39 is 6.10 Å². The molecule has 2 unspecified atom stereocenters. The van der Waals surface area contributed by atoms with Gasteiger partial charge < -0.3 is 10.4 Å². The molecule has 0 aliphatic heterocycles. The van der Waals surface area contributed by atoms with E-state index in [-0.39, 0.29) is 6.04 Å². The van der Waals surface area contributed by atoms with Gasteiger partial charge >= 0.3 is 0 Å². The fourth-order valence-corrected chi connectivity index (χ4v) is 2.62. The second-order valence-corrected chi connectivity index (χ2v) is 5.67. The molecule has 1 aromatic carbocycles. The minimum absolute atomic E-state index is 0.0954. The van der Waals surface area contributed by atoms with Crippen LogP contribution in [0, 0.1) is 6.92 Å². The van der Waals surface area contributed by atoms with Crippen LogP contribution in [-0.2, 0) is 0 Å². The van der Waals surface area contributed by atoms with Gasteiger partial charge in [0.25, 0.3) is 0 Å². The summed E-state index contributed by atoms with van der Waals surface area (Å²) in [5.74, 6) is 0. The minimum atomic E-state index is -0.666. The van der Waals surface area contributed by atoms with Crippen molar-refractivity contribution in [3.63, 3.8) is 0 Å².